The highest BCUT2D eigenvalue weighted by Crippen LogP contribution is 2.36. The Bertz CT molecular complexity index is 2500. The highest BCUT2D eigenvalue weighted by molar-refractivity contribution is 7.92. The van der Waals surface area contributed by atoms with Crippen molar-refractivity contribution >= 4 is 44.5 Å². The van der Waals surface area contributed by atoms with Crippen molar-refractivity contribution in [1.82, 2.24) is 30.1 Å². The maximum Gasteiger partial charge on any atom is 0.227 e. The topological polar surface area (TPSA) is 173 Å². The maximum atomic E-state index is 14.2. The summed E-state index contributed by atoms with van der Waals surface area (Å²) in [4.78, 5) is 46.8. The number of nitrogens with zero attached hydrogens (tertiary/aromatic N) is 5. The average molecular weight is 1040 g/mol. The van der Waals surface area contributed by atoms with Crippen molar-refractivity contribution < 1.29 is 37.3 Å². The molecule has 2 aromatic heterocycles. The van der Waals surface area contributed by atoms with Gasteiger partial charge in [0.2, 0.25) is 5.91 Å². The second kappa shape index (κ2) is 26.2. The Hall–Kier alpha value is -4.13. The van der Waals surface area contributed by atoms with E-state index in [1.54, 1.807) is 48.4 Å². The summed E-state index contributed by atoms with van der Waals surface area (Å²) in [6, 6.07) is 14.9. The molecule has 0 bridgehead atoms. The van der Waals surface area contributed by atoms with Crippen LogP contribution in [0.15, 0.2) is 77.4 Å². The van der Waals surface area contributed by atoms with Crippen LogP contribution in [-0.2, 0) is 46.5 Å². The summed E-state index contributed by atoms with van der Waals surface area (Å²) in [5, 5.41) is 14.1. The number of hydrogen-bond donors (Lipinski definition) is 2. The molecule has 71 heavy (non-hydrogen) atoms. The second-order valence-electron chi connectivity index (χ2n) is 20.4. The number of benzene rings is 2. The van der Waals surface area contributed by atoms with E-state index in [4.69, 9.17) is 30.8 Å². The number of aliphatic hydroxyl groups excluding tert-OH is 1. The molecule has 2 aliphatic rings. The summed E-state index contributed by atoms with van der Waals surface area (Å²) in [7, 11) is -3.46. The smallest absolute Gasteiger partial charge is 0.227 e. The van der Waals surface area contributed by atoms with Gasteiger partial charge in [-0.05, 0) is 81.2 Å². The lowest BCUT2D eigenvalue weighted by Gasteiger charge is -2.36. The minimum absolute atomic E-state index is 0.0468. The Morgan fingerprint density at radius 3 is 2.34 bits per heavy atom. The van der Waals surface area contributed by atoms with Crippen molar-refractivity contribution in [1.29, 1.82) is 0 Å². The lowest BCUT2D eigenvalue weighted by molar-refractivity contribution is -0.142. The van der Waals surface area contributed by atoms with Gasteiger partial charge < -0.3 is 34.4 Å². The average Bonchev–Trinajstić information content (AvgIpc) is 3.95. The molecule has 1 amide bonds. The SMILES string of the molecule is C=C(N[C@@H](C)c1ccc(-c2scnc2C)cc1)[C@@H]1C[C@@H](O)CN1C(=O)[C@@H](CC(=O)CCOCCOCCOCCN1CCC[C@@H](Cc2ncc(Cl)c(Cc3ccccc3S(=O)(=O)C(C)C)n2)C1)C(C)(C)C. The zero-order valence-electron chi connectivity index (χ0n) is 42.7. The van der Waals surface area contributed by atoms with Crippen LogP contribution in [-0.4, -0.2) is 133 Å². The van der Waals surface area contributed by atoms with Crippen LogP contribution in [0.25, 0.3) is 10.4 Å². The van der Waals surface area contributed by atoms with Gasteiger partial charge in [0, 0.05) is 75.6 Å². The van der Waals surface area contributed by atoms with E-state index in [2.05, 4.69) is 58.0 Å². The van der Waals surface area contributed by atoms with E-state index in [0.717, 1.165) is 54.2 Å². The number of hydrogen-bond acceptors (Lipinski definition) is 14. The molecule has 2 fully saturated rings. The van der Waals surface area contributed by atoms with Gasteiger partial charge in [0.25, 0.3) is 0 Å². The number of ether oxygens (including phenoxy) is 3. The second-order valence-corrected chi connectivity index (χ2v) is 24.1. The Balaban J connectivity index is 0.846. The molecule has 4 heterocycles. The van der Waals surface area contributed by atoms with Crippen molar-refractivity contribution in [2.45, 2.75) is 122 Å². The Kier molecular flexibility index (Phi) is 20.7. The molecule has 17 heteroatoms. The van der Waals surface area contributed by atoms with Crippen LogP contribution >= 0.6 is 22.9 Å². The molecule has 0 unspecified atom stereocenters. The third kappa shape index (κ3) is 15.9. The van der Waals surface area contributed by atoms with Crippen molar-refractivity contribution in [3.8, 4) is 10.4 Å². The van der Waals surface area contributed by atoms with E-state index in [1.165, 1.54) is 0 Å². The first kappa shape index (κ1) is 56.2. The zero-order chi connectivity index (χ0) is 51.3. The van der Waals surface area contributed by atoms with E-state index >= 15 is 0 Å². The lowest BCUT2D eigenvalue weighted by atomic mass is 9.76. The predicted octanol–water partition coefficient (Wildman–Crippen LogP) is 8.48. The highest BCUT2D eigenvalue weighted by atomic mass is 35.5. The van der Waals surface area contributed by atoms with Gasteiger partial charge in [0.05, 0.1) is 88.7 Å². The van der Waals surface area contributed by atoms with Crippen LogP contribution in [0.3, 0.4) is 0 Å². The number of thiazole rings is 1. The number of nitrogens with one attached hydrogen (secondary N) is 1. The number of ketones is 1. The third-order valence-corrected chi connectivity index (χ3v) is 17.1. The summed E-state index contributed by atoms with van der Waals surface area (Å²) >= 11 is 8.15. The molecule has 6 rings (SSSR count). The molecule has 2 N–H and O–H groups in total. The van der Waals surface area contributed by atoms with Crippen LogP contribution in [0, 0.1) is 24.2 Å². The van der Waals surface area contributed by atoms with E-state index in [-0.39, 0.29) is 43.7 Å². The molecule has 0 spiro atoms. The first-order valence-electron chi connectivity index (χ1n) is 25.0. The fourth-order valence-electron chi connectivity index (χ4n) is 9.37. The van der Waals surface area contributed by atoms with Gasteiger partial charge >= 0.3 is 0 Å². The van der Waals surface area contributed by atoms with Gasteiger partial charge in [0.15, 0.2) is 9.84 Å². The minimum Gasteiger partial charge on any atom is -0.391 e. The molecule has 0 saturated carbocycles. The van der Waals surface area contributed by atoms with E-state index in [1.807, 2.05) is 45.3 Å². The quantitative estimate of drug-likeness (QED) is 0.0574. The fourth-order valence-corrected chi connectivity index (χ4v) is 11.6. The zero-order valence-corrected chi connectivity index (χ0v) is 45.1. The van der Waals surface area contributed by atoms with E-state index in [0.29, 0.717) is 90.9 Å². The van der Waals surface area contributed by atoms with Gasteiger partial charge in [-0.15, -0.1) is 11.3 Å². The molecule has 0 radical (unpaired) electrons. The largest absolute Gasteiger partial charge is 0.391 e. The van der Waals surface area contributed by atoms with Crippen molar-refractivity contribution in [3.63, 3.8) is 0 Å². The number of aromatic nitrogens is 3. The summed E-state index contributed by atoms with van der Waals surface area (Å²) in [6.07, 6.45) is 4.75. The van der Waals surface area contributed by atoms with Crippen LogP contribution in [0.5, 0.6) is 0 Å². The summed E-state index contributed by atoms with van der Waals surface area (Å²) in [5.74, 6) is 0.317. The molecule has 2 saturated heterocycles. The molecular weight excluding hydrogens is 960 g/mol. The molecule has 2 aromatic carbocycles. The van der Waals surface area contributed by atoms with Gasteiger partial charge in [-0.2, -0.15) is 0 Å². The Morgan fingerprint density at radius 1 is 0.972 bits per heavy atom. The fraction of sp³-hybridized carbons (Fsp3) is 0.574. The monoisotopic (exact) mass is 1030 g/mol. The number of rotatable bonds is 26. The molecular formula is C54H75ClN6O8S2. The van der Waals surface area contributed by atoms with Crippen molar-refractivity contribution in [2.75, 3.05) is 65.8 Å². The van der Waals surface area contributed by atoms with Gasteiger partial charge in [-0.25, -0.2) is 23.4 Å². The Morgan fingerprint density at radius 2 is 1.66 bits per heavy atom. The highest BCUT2D eigenvalue weighted by Gasteiger charge is 2.43. The molecule has 2 aliphatic heterocycles. The number of carbonyl (C=O) groups excluding carboxylic acids is 2. The number of carbonyl (C=O) groups is 2. The summed E-state index contributed by atoms with van der Waals surface area (Å²) in [5.41, 5.74) is 6.53. The summed E-state index contributed by atoms with van der Waals surface area (Å²) in [6.45, 7) is 23.0. The molecule has 0 aliphatic carbocycles. The number of β-amino-alcohol motifs (C(OH)–C–C–N with tert-alkyl or cyclic N) is 1. The predicted molar refractivity (Wildman–Crippen MR) is 280 cm³/mol. The number of piperidine rings is 1. The van der Waals surface area contributed by atoms with Crippen LogP contribution in [0.4, 0.5) is 0 Å². The lowest BCUT2D eigenvalue weighted by Crippen LogP contribution is -2.47. The number of halogens is 1. The molecule has 388 valence electrons. The van der Waals surface area contributed by atoms with Crippen LogP contribution < -0.4 is 5.32 Å². The van der Waals surface area contributed by atoms with Crippen molar-refractivity contribution in [2.24, 2.45) is 17.3 Å². The maximum absolute atomic E-state index is 14.2. The Labute approximate surface area is 430 Å². The first-order chi connectivity index (χ1) is 33.8. The normalized spacial score (nSPS) is 18.7. The number of amides is 1. The molecule has 5 atom stereocenters. The number of sulfone groups is 1. The number of likely N-dealkylation sites (tertiary alicyclic amines) is 2. The van der Waals surface area contributed by atoms with Gasteiger partial charge in [-0.1, -0.05) is 81.4 Å². The van der Waals surface area contributed by atoms with E-state index in [9.17, 15) is 23.1 Å². The third-order valence-electron chi connectivity index (χ3n) is 13.6. The van der Waals surface area contributed by atoms with Crippen molar-refractivity contribution in [3.05, 3.63) is 106 Å². The summed E-state index contributed by atoms with van der Waals surface area (Å²) < 4.78 is 43.4. The number of Topliss-reactive ketones (excluding diaryl/α,β-unsaturated/α-hetero) is 1. The first-order valence-corrected chi connectivity index (χ1v) is 27.9. The molecule has 14 nitrogen and oxygen atoms in total. The van der Waals surface area contributed by atoms with Gasteiger partial charge in [-0.3, -0.25) is 9.59 Å². The van der Waals surface area contributed by atoms with Gasteiger partial charge in [0.1, 0.15) is 11.6 Å². The van der Waals surface area contributed by atoms with Crippen LogP contribution in [0.1, 0.15) is 108 Å². The standard InChI is InChI=1S/C54H75ClN6O8S2/c1-36(2)71(65,66)50-14-10-9-13-43(50)29-48-47(55)32-56-51(59-48)28-40-12-11-20-60(33-40)21-23-68-25-27-69-26-24-67-22-19-44(62)30-46(54(6,7)8)53(64)61-34-45(63)31-49(61)38(4)58-37(3)41-15-17-42(18-16-41)52-39(5)57-35-70-52/h9-10,13-18,32,35-37,40,45-46,49,58,63H,4,11-12,19-31,33-34H2,1-3,5-8H3/t37-,40-,45+,46+,49-/m0/s1. The molecule has 4 aromatic rings. The number of aliphatic hydroxyl groups is 1. The minimum atomic E-state index is -3.46. The van der Waals surface area contributed by atoms with E-state index < -0.39 is 38.6 Å². The number of aryl methyl sites for hydroxylation is 1. The van der Waals surface area contributed by atoms with Crippen LogP contribution in [0.2, 0.25) is 5.02 Å².